The summed E-state index contributed by atoms with van der Waals surface area (Å²) in [6.07, 6.45) is 29.0. The van der Waals surface area contributed by atoms with Crippen LogP contribution < -0.4 is 0 Å². The van der Waals surface area contributed by atoms with Crippen molar-refractivity contribution in [3.63, 3.8) is 0 Å². The molecule has 1 aliphatic rings. The summed E-state index contributed by atoms with van der Waals surface area (Å²) in [7, 11) is 0. The van der Waals surface area contributed by atoms with Gasteiger partial charge in [0.25, 0.3) is 0 Å². The maximum Gasteiger partial charge on any atom is 0.222 e. The zero-order valence-corrected chi connectivity index (χ0v) is 20.9. The van der Waals surface area contributed by atoms with Gasteiger partial charge < -0.3 is 4.90 Å². The lowest BCUT2D eigenvalue weighted by Crippen LogP contribution is -2.33. The summed E-state index contributed by atoms with van der Waals surface area (Å²) >= 11 is 0. The highest BCUT2D eigenvalue weighted by Gasteiger charge is 2.19. The molecule has 0 aromatic carbocycles. The van der Waals surface area contributed by atoms with Gasteiger partial charge in [-0.25, -0.2) is 0 Å². The number of hydrogen-bond acceptors (Lipinski definition) is 1. The Hall–Kier alpha value is -0.530. The SMILES string of the molecule is CCCCCCCCCCN(CCCCCCCCCC)C(=O)CCC1CCCC1. The predicted molar refractivity (Wildman–Crippen MR) is 133 cm³/mol. The summed E-state index contributed by atoms with van der Waals surface area (Å²) in [4.78, 5) is 15.1. The van der Waals surface area contributed by atoms with Crippen LogP contribution in [0.3, 0.4) is 0 Å². The first kappa shape index (κ1) is 27.5. The molecule has 0 unspecified atom stereocenters. The van der Waals surface area contributed by atoms with Crippen molar-refractivity contribution in [2.45, 2.75) is 155 Å². The van der Waals surface area contributed by atoms with Crippen molar-refractivity contribution < 1.29 is 4.79 Å². The van der Waals surface area contributed by atoms with Crippen molar-refractivity contribution in [2.24, 2.45) is 5.92 Å². The molecule has 1 rings (SSSR count). The van der Waals surface area contributed by atoms with Crippen molar-refractivity contribution in [3.8, 4) is 0 Å². The summed E-state index contributed by atoms with van der Waals surface area (Å²) < 4.78 is 0. The van der Waals surface area contributed by atoms with Crippen LogP contribution in [-0.2, 0) is 4.79 Å². The molecular weight excluding hydrogens is 366 g/mol. The minimum atomic E-state index is 0.452. The molecule has 1 amide bonds. The van der Waals surface area contributed by atoms with Crippen LogP contribution in [0, 0.1) is 5.92 Å². The Balaban J connectivity index is 2.20. The first-order chi connectivity index (χ1) is 14.8. The van der Waals surface area contributed by atoms with Gasteiger partial charge in [0, 0.05) is 19.5 Å². The number of carbonyl (C=O) groups excluding carboxylic acids is 1. The van der Waals surface area contributed by atoms with Crippen molar-refractivity contribution in [1.82, 2.24) is 4.90 Å². The van der Waals surface area contributed by atoms with Crippen molar-refractivity contribution in [2.75, 3.05) is 13.1 Å². The third kappa shape index (κ3) is 15.3. The topological polar surface area (TPSA) is 20.3 Å². The molecule has 0 radical (unpaired) electrons. The van der Waals surface area contributed by atoms with Crippen LogP contribution in [-0.4, -0.2) is 23.9 Å². The average molecular weight is 422 g/mol. The van der Waals surface area contributed by atoms with E-state index in [4.69, 9.17) is 0 Å². The Kier molecular flexibility index (Phi) is 18.7. The molecule has 30 heavy (non-hydrogen) atoms. The zero-order valence-electron chi connectivity index (χ0n) is 20.9. The lowest BCUT2D eigenvalue weighted by atomic mass is 10.0. The molecule has 1 saturated carbocycles. The van der Waals surface area contributed by atoms with E-state index < -0.39 is 0 Å². The van der Waals surface area contributed by atoms with Crippen LogP contribution in [0.1, 0.15) is 155 Å². The van der Waals surface area contributed by atoms with Gasteiger partial charge in [0.1, 0.15) is 0 Å². The van der Waals surface area contributed by atoms with Gasteiger partial charge in [-0.3, -0.25) is 4.79 Å². The van der Waals surface area contributed by atoms with Gasteiger partial charge in [0.15, 0.2) is 0 Å². The number of carbonyl (C=O) groups is 1. The summed E-state index contributed by atoms with van der Waals surface area (Å²) in [6, 6.07) is 0. The molecule has 0 N–H and O–H groups in total. The maximum atomic E-state index is 12.9. The molecule has 0 aromatic rings. The number of hydrogen-bond donors (Lipinski definition) is 0. The van der Waals surface area contributed by atoms with Crippen LogP contribution in [0.25, 0.3) is 0 Å². The van der Waals surface area contributed by atoms with E-state index in [0.29, 0.717) is 5.91 Å². The summed E-state index contributed by atoms with van der Waals surface area (Å²) in [5, 5.41) is 0. The second kappa shape index (κ2) is 20.4. The van der Waals surface area contributed by atoms with Crippen LogP contribution in [0.15, 0.2) is 0 Å². The Morgan fingerprint density at radius 3 is 1.47 bits per heavy atom. The molecule has 0 aliphatic heterocycles. The van der Waals surface area contributed by atoms with Gasteiger partial charge in [-0.1, -0.05) is 129 Å². The van der Waals surface area contributed by atoms with Crippen molar-refractivity contribution in [3.05, 3.63) is 0 Å². The van der Waals surface area contributed by atoms with Crippen molar-refractivity contribution >= 4 is 5.91 Å². The number of unbranched alkanes of at least 4 members (excludes halogenated alkanes) is 14. The largest absolute Gasteiger partial charge is 0.343 e. The fourth-order valence-corrected chi connectivity index (χ4v) is 5.02. The molecule has 1 fully saturated rings. The Morgan fingerprint density at radius 1 is 0.633 bits per heavy atom. The van der Waals surface area contributed by atoms with Crippen LogP contribution in [0.5, 0.6) is 0 Å². The lowest BCUT2D eigenvalue weighted by molar-refractivity contribution is -0.131. The molecule has 0 spiro atoms. The Labute approximate surface area is 190 Å². The highest BCUT2D eigenvalue weighted by Crippen LogP contribution is 2.28. The standard InChI is InChI=1S/C28H55NO/c1-3-5-7-9-11-13-15-19-25-29(26-20-16-14-12-10-8-6-4-2)28(30)24-23-27-21-17-18-22-27/h27H,3-26H2,1-2H3. The highest BCUT2D eigenvalue weighted by molar-refractivity contribution is 5.76. The molecule has 0 atom stereocenters. The van der Waals surface area contributed by atoms with Crippen LogP contribution >= 0.6 is 0 Å². The minimum absolute atomic E-state index is 0.452. The molecule has 2 heteroatoms. The quantitative estimate of drug-likeness (QED) is 0.169. The van der Waals surface area contributed by atoms with Gasteiger partial charge >= 0.3 is 0 Å². The Bertz CT molecular complexity index is 355. The van der Waals surface area contributed by atoms with E-state index in [1.54, 1.807) is 0 Å². The first-order valence-electron chi connectivity index (χ1n) is 14.1. The molecule has 0 bridgehead atoms. The van der Waals surface area contributed by atoms with E-state index in [1.165, 1.54) is 128 Å². The van der Waals surface area contributed by atoms with Gasteiger partial charge in [-0.2, -0.15) is 0 Å². The van der Waals surface area contributed by atoms with Gasteiger partial charge in [-0.05, 0) is 25.2 Å². The van der Waals surface area contributed by atoms with Gasteiger partial charge in [0.05, 0.1) is 0 Å². The van der Waals surface area contributed by atoms with E-state index >= 15 is 0 Å². The van der Waals surface area contributed by atoms with E-state index in [0.717, 1.165) is 31.8 Å². The van der Waals surface area contributed by atoms with Gasteiger partial charge in [0.2, 0.25) is 5.91 Å². The lowest BCUT2D eigenvalue weighted by Gasteiger charge is -2.23. The number of nitrogens with zero attached hydrogens (tertiary/aromatic N) is 1. The molecular formula is C28H55NO. The van der Waals surface area contributed by atoms with Crippen molar-refractivity contribution in [1.29, 1.82) is 0 Å². The summed E-state index contributed by atoms with van der Waals surface area (Å²) in [6.45, 7) is 6.58. The maximum absolute atomic E-state index is 12.9. The molecule has 0 saturated heterocycles. The fraction of sp³-hybridized carbons (Fsp3) is 0.964. The van der Waals surface area contributed by atoms with E-state index in [9.17, 15) is 4.79 Å². The molecule has 1 aliphatic carbocycles. The van der Waals surface area contributed by atoms with Gasteiger partial charge in [-0.15, -0.1) is 0 Å². The van der Waals surface area contributed by atoms with Crippen LogP contribution in [0.2, 0.25) is 0 Å². The minimum Gasteiger partial charge on any atom is -0.343 e. The molecule has 0 heterocycles. The smallest absolute Gasteiger partial charge is 0.222 e. The summed E-state index contributed by atoms with van der Waals surface area (Å²) in [5.74, 6) is 1.29. The first-order valence-corrected chi connectivity index (χ1v) is 14.1. The number of rotatable bonds is 21. The second-order valence-electron chi connectivity index (χ2n) is 10.0. The third-order valence-electron chi connectivity index (χ3n) is 7.16. The number of amides is 1. The second-order valence-corrected chi connectivity index (χ2v) is 10.0. The van der Waals surface area contributed by atoms with Crippen LogP contribution in [0.4, 0.5) is 0 Å². The van der Waals surface area contributed by atoms with E-state index in [-0.39, 0.29) is 0 Å². The predicted octanol–water partition coefficient (Wildman–Crippen LogP) is 9.07. The highest BCUT2D eigenvalue weighted by atomic mass is 16.2. The molecule has 178 valence electrons. The summed E-state index contributed by atoms with van der Waals surface area (Å²) in [5.41, 5.74) is 0. The average Bonchev–Trinajstić information content (AvgIpc) is 3.28. The normalized spacial score (nSPS) is 14.5. The molecule has 0 aromatic heterocycles. The fourth-order valence-electron chi connectivity index (χ4n) is 5.02. The van der Waals surface area contributed by atoms with E-state index in [2.05, 4.69) is 18.7 Å². The monoisotopic (exact) mass is 421 g/mol. The molecule has 2 nitrogen and oxygen atoms in total. The van der Waals surface area contributed by atoms with E-state index in [1.807, 2.05) is 0 Å². The third-order valence-corrected chi connectivity index (χ3v) is 7.16. The zero-order chi connectivity index (χ0) is 21.7. The Morgan fingerprint density at radius 2 is 1.03 bits per heavy atom.